The molecule has 1 atom stereocenters. The van der Waals surface area contributed by atoms with E-state index in [1.165, 1.54) is 0 Å². The van der Waals surface area contributed by atoms with Gasteiger partial charge in [0.1, 0.15) is 0 Å². The van der Waals surface area contributed by atoms with Crippen LogP contribution in [-0.2, 0) is 10.0 Å². The first-order valence-electron chi connectivity index (χ1n) is 6.77. The first kappa shape index (κ1) is 17.4. The van der Waals surface area contributed by atoms with Crippen LogP contribution in [0.1, 0.15) is 16.5 Å². The highest BCUT2D eigenvalue weighted by molar-refractivity contribution is 7.89. The molecule has 0 bridgehead atoms. The number of sulfonamides is 1. The molecule has 4 nitrogen and oxygen atoms in total. The quantitative estimate of drug-likeness (QED) is 0.862. The van der Waals surface area contributed by atoms with E-state index in [4.69, 9.17) is 11.6 Å². The molecule has 1 heterocycles. The smallest absolute Gasteiger partial charge is 0.240 e. The molecule has 0 saturated carbocycles. The molecule has 7 heteroatoms. The Bertz CT molecular complexity index is 728. The third-order valence-electron chi connectivity index (χ3n) is 3.47. The van der Waals surface area contributed by atoms with Gasteiger partial charge >= 0.3 is 0 Å². The minimum atomic E-state index is -3.59. The highest BCUT2D eigenvalue weighted by atomic mass is 35.5. The van der Waals surface area contributed by atoms with Gasteiger partial charge in [-0.05, 0) is 50.2 Å². The normalized spacial score (nSPS) is 13.5. The SMILES string of the molecule is Cc1c(Cl)cccc1S(=O)(=O)NC[C@@H](c1cccs1)N(C)C. The van der Waals surface area contributed by atoms with E-state index < -0.39 is 10.0 Å². The number of thiophene rings is 1. The minimum absolute atomic E-state index is 0.00531. The number of nitrogens with one attached hydrogen (secondary N) is 1. The monoisotopic (exact) mass is 358 g/mol. The number of nitrogens with zero attached hydrogens (tertiary/aromatic N) is 1. The number of benzene rings is 1. The largest absolute Gasteiger partial charge is 0.300 e. The molecule has 0 aliphatic rings. The highest BCUT2D eigenvalue weighted by Gasteiger charge is 2.22. The summed E-state index contributed by atoms with van der Waals surface area (Å²) in [5.74, 6) is 0. The first-order chi connectivity index (χ1) is 10.3. The fourth-order valence-corrected chi connectivity index (χ4v) is 4.62. The van der Waals surface area contributed by atoms with Gasteiger partial charge in [-0.2, -0.15) is 0 Å². The third kappa shape index (κ3) is 3.88. The van der Waals surface area contributed by atoms with E-state index in [0.717, 1.165) is 4.88 Å². The molecule has 0 saturated heterocycles. The molecule has 0 unspecified atom stereocenters. The van der Waals surface area contributed by atoms with Crippen molar-refractivity contribution in [3.8, 4) is 0 Å². The Labute approximate surface area is 140 Å². The average Bonchev–Trinajstić information content (AvgIpc) is 2.95. The molecule has 22 heavy (non-hydrogen) atoms. The maximum atomic E-state index is 12.5. The van der Waals surface area contributed by atoms with Crippen molar-refractivity contribution < 1.29 is 8.42 Å². The number of rotatable bonds is 6. The van der Waals surface area contributed by atoms with Gasteiger partial charge in [0.25, 0.3) is 0 Å². The zero-order valence-corrected chi connectivity index (χ0v) is 15.1. The van der Waals surface area contributed by atoms with Crippen LogP contribution in [-0.4, -0.2) is 34.0 Å². The molecular formula is C15H19ClN2O2S2. The van der Waals surface area contributed by atoms with Gasteiger partial charge in [-0.1, -0.05) is 23.7 Å². The molecule has 1 aromatic heterocycles. The molecule has 2 aromatic rings. The lowest BCUT2D eigenvalue weighted by molar-refractivity contribution is 0.303. The summed E-state index contributed by atoms with van der Waals surface area (Å²) in [6.07, 6.45) is 0. The second kappa shape index (κ2) is 7.10. The van der Waals surface area contributed by atoms with Crippen LogP contribution >= 0.6 is 22.9 Å². The van der Waals surface area contributed by atoms with E-state index in [9.17, 15) is 8.42 Å². The minimum Gasteiger partial charge on any atom is -0.300 e. The molecule has 0 amide bonds. The number of hydrogen-bond acceptors (Lipinski definition) is 4. The molecule has 0 fully saturated rings. The van der Waals surface area contributed by atoms with Gasteiger partial charge in [0.2, 0.25) is 10.0 Å². The molecule has 1 N–H and O–H groups in total. The summed E-state index contributed by atoms with van der Waals surface area (Å²) < 4.78 is 27.7. The van der Waals surface area contributed by atoms with Crippen LogP contribution in [0.15, 0.2) is 40.6 Å². The van der Waals surface area contributed by atoms with Gasteiger partial charge in [0, 0.05) is 16.4 Å². The summed E-state index contributed by atoms with van der Waals surface area (Å²) in [5, 5.41) is 2.44. The fraction of sp³-hybridized carbons (Fsp3) is 0.333. The standard InChI is InChI=1S/C15H19ClN2O2S2/c1-11-12(16)6-4-8-15(11)22(19,20)17-10-13(18(2)3)14-7-5-9-21-14/h4-9,13,17H,10H2,1-3H3/t13-/m0/s1. The Morgan fingerprint density at radius 2 is 2.00 bits per heavy atom. The summed E-state index contributed by atoms with van der Waals surface area (Å²) in [4.78, 5) is 3.35. The van der Waals surface area contributed by atoms with Crippen molar-refractivity contribution >= 4 is 33.0 Å². The molecule has 0 spiro atoms. The first-order valence-corrected chi connectivity index (χ1v) is 9.51. The lowest BCUT2D eigenvalue weighted by atomic mass is 10.2. The maximum absolute atomic E-state index is 12.5. The average molecular weight is 359 g/mol. The van der Waals surface area contributed by atoms with Gasteiger partial charge in [0.05, 0.1) is 10.9 Å². The second-order valence-corrected chi connectivity index (χ2v) is 8.33. The van der Waals surface area contributed by atoms with Crippen LogP contribution in [0, 0.1) is 6.92 Å². The summed E-state index contributed by atoms with van der Waals surface area (Å²) in [5.41, 5.74) is 0.564. The topological polar surface area (TPSA) is 49.4 Å². The van der Waals surface area contributed by atoms with E-state index in [-0.39, 0.29) is 10.9 Å². The van der Waals surface area contributed by atoms with Crippen molar-refractivity contribution in [1.29, 1.82) is 0 Å². The van der Waals surface area contributed by atoms with Crippen molar-refractivity contribution in [2.45, 2.75) is 17.9 Å². The third-order valence-corrected chi connectivity index (χ3v) is 6.42. The summed E-state index contributed by atoms with van der Waals surface area (Å²) in [6, 6.07) is 8.87. The Hall–Kier alpha value is -0.920. The van der Waals surface area contributed by atoms with Crippen molar-refractivity contribution in [2.24, 2.45) is 0 Å². The Kier molecular flexibility index (Phi) is 5.63. The van der Waals surface area contributed by atoms with Crippen LogP contribution in [0.3, 0.4) is 0 Å². The maximum Gasteiger partial charge on any atom is 0.240 e. The van der Waals surface area contributed by atoms with E-state index in [1.54, 1.807) is 36.5 Å². The highest BCUT2D eigenvalue weighted by Crippen LogP contribution is 2.25. The molecule has 2 rings (SSSR count). The predicted molar refractivity (Wildman–Crippen MR) is 92.1 cm³/mol. The van der Waals surface area contributed by atoms with E-state index in [0.29, 0.717) is 17.1 Å². The van der Waals surface area contributed by atoms with Crippen molar-refractivity contribution in [2.75, 3.05) is 20.6 Å². The van der Waals surface area contributed by atoms with E-state index >= 15 is 0 Å². The Morgan fingerprint density at radius 3 is 2.59 bits per heavy atom. The van der Waals surface area contributed by atoms with Gasteiger partial charge in [-0.3, -0.25) is 0 Å². The molecule has 120 valence electrons. The molecule has 0 aliphatic heterocycles. The van der Waals surface area contributed by atoms with Gasteiger partial charge < -0.3 is 4.90 Å². The van der Waals surface area contributed by atoms with Crippen molar-refractivity contribution in [3.05, 3.63) is 51.2 Å². The van der Waals surface area contributed by atoms with Crippen molar-refractivity contribution in [1.82, 2.24) is 9.62 Å². The number of halogens is 1. The number of likely N-dealkylation sites (N-methyl/N-ethyl adjacent to an activating group) is 1. The van der Waals surface area contributed by atoms with E-state index in [2.05, 4.69) is 4.72 Å². The van der Waals surface area contributed by atoms with Crippen LogP contribution in [0.4, 0.5) is 0 Å². The molecular weight excluding hydrogens is 340 g/mol. The van der Waals surface area contributed by atoms with Crippen LogP contribution in [0.2, 0.25) is 5.02 Å². The predicted octanol–water partition coefficient (Wildman–Crippen LogP) is 3.29. The fourth-order valence-electron chi connectivity index (χ4n) is 2.16. The van der Waals surface area contributed by atoms with Gasteiger partial charge in [-0.15, -0.1) is 11.3 Å². The Balaban J connectivity index is 2.20. The lowest BCUT2D eigenvalue weighted by Crippen LogP contribution is -2.34. The van der Waals surface area contributed by atoms with Crippen LogP contribution in [0.5, 0.6) is 0 Å². The summed E-state index contributed by atoms with van der Waals surface area (Å²) in [6.45, 7) is 2.02. The number of hydrogen-bond donors (Lipinski definition) is 1. The molecule has 1 aromatic carbocycles. The van der Waals surface area contributed by atoms with Crippen LogP contribution in [0.25, 0.3) is 0 Å². The summed E-state index contributed by atoms with van der Waals surface area (Å²) >= 11 is 7.63. The van der Waals surface area contributed by atoms with Gasteiger partial charge in [-0.25, -0.2) is 13.1 Å². The second-order valence-electron chi connectivity index (χ2n) is 5.21. The molecule has 0 aliphatic carbocycles. The molecule has 0 radical (unpaired) electrons. The zero-order valence-electron chi connectivity index (χ0n) is 12.7. The van der Waals surface area contributed by atoms with Gasteiger partial charge in [0.15, 0.2) is 0 Å². The van der Waals surface area contributed by atoms with Crippen LogP contribution < -0.4 is 4.72 Å². The Morgan fingerprint density at radius 1 is 1.27 bits per heavy atom. The lowest BCUT2D eigenvalue weighted by Gasteiger charge is -2.23. The van der Waals surface area contributed by atoms with E-state index in [1.807, 2.05) is 36.5 Å². The zero-order chi connectivity index (χ0) is 16.3. The summed E-state index contributed by atoms with van der Waals surface area (Å²) in [7, 11) is 0.278. The van der Waals surface area contributed by atoms with Crippen molar-refractivity contribution in [3.63, 3.8) is 0 Å².